The van der Waals surface area contributed by atoms with Gasteiger partial charge in [-0.3, -0.25) is 10.1 Å². The van der Waals surface area contributed by atoms with Crippen molar-refractivity contribution in [2.75, 3.05) is 6.26 Å². The lowest BCUT2D eigenvalue weighted by molar-refractivity contribution is -0.385. The molecule has 0 fully saturated rings. The summed E-state index contributed by atoms with van der Waals surface area (Å²) in [7, 11) is 0. The molecule has 110 valence electrons. The number of carboxylic acid groups (broad SMARTS) is 1. The van der Waals surface area contributed by atoms with Crippen LogP contribution in [0.2, 0.25) is 0 Å². The van der Waals surface area contributed by atoms with E-state index in [1.54, 1.807) is 0 Å². The number of aromatic carboxylic acids is 1. The molecule has 0 spiro atoms. The average molecular weight is 347 g/mol. The number of hydrogen-bond acceptors (Lipinski definition) is 8. The topological polar surface area (TPSA) is 106 Å². The van der Waals surface area contributed by atoms with Gasteiger partial charge in [0.05, 0.1) is 15.9 Å². The molecule has 0 bridgehead atoms. The fourth-order valence-corrected chi connectivity index (χ4v) is 3.80. The maximum atomic E-state index is 13.9. The number of nitro groups is 1. The van der Waals surface area contributed by atoms with Crippen LogP contribution in [-0.2, 0) is 0 Å². The zero-order valence-electron chi connectivity index (χ0n) is 10.3. The summed E-state index contributed by atoms with van der Waals surface area (Å²) in [6, 6.07) is 1.53. The standard InChI is InChI=1S/C10H6FN3O4S3/c1-19-9-12-13-10(21-9)20-7-2-4(8(15)16)6(14(17)18)3-5(7)11/h2-3H,1H3,(H,15,16). The van der Waals surface area contributed by atoms with E-state index in [-0.39, 0.29) is 4.90 Å². The summed E-state index contributed by atoms with van der Waals surface area (Å²) in [4.78, 5) is 20.8. The summed E-state index contributed by atoms with van der Waals surface area (Å²) in [5.41, 5.74) is -1.36. The second-order valence-corrected chi connectivity index (χ2v) is 6.82. The van der Waals surface area contributed by atoms with Crippen LogP contribution in [0, 0.1) is 15.9 Å². The molecule has 0 saturated heterocycles. The normalized spacial score (nSPS) is 10.6. The first-order valence-electron chi connectivity index (χ1n) is 5.19. The van der Waals surface area contributed by atoms with Crippen LogP contribution < -0.4 is 0 Å². The van der Waals surface area contributed by atoms with Crippen molar-refractivity contribution in [3.8, 4) is 0 Å². The highest BCUT2D eigenvalue weighted by molar-refractivity contribution is 8.03. The Morgan fingerprint density at radius 3 is 2.62 bits per heavy atom. The van der Waals surface area contributed by atoms with Gasteiger partial charge >= 0.3 is 5.97 Å². The Morgan fingerprint density at radius 2 is 2.10 bits per heavy atom. The number of nitro benzene ring substituents is 1. The number of halogens is 1. The first-order valence-corrected chi connectivity index (χ1v) is 8.04. The van der Waals surface area contributed by atoms with Gasteiger partial charge in [0, 0.05) is 0 Å². The zero-order valence-corrected chi connectivity index (χ0v) is 12.7. The van der Waals surface area contributed by atoms with Gasteiger partial charge in [-0.15, -0.1) is 10.2 Å². The summed E-state index contributed by atoms with van der Waals surface area (Å²) in [5, 5.41) is 27.4. The Labute approximate surface area is 129 Å². The molecule has 11 heteroatoms. The SMILES string of the molecule is CSc1nnc(Sc2cc(C(=O)O)c([N+](=O)[O-])cc2F)s1. The summed E-state index contributed by atoms with van der Waals surface area (Å²) in [6.07, 6.45) is 1.81. The molecular formula is C10H6FN3O4S3. The molecule has 1 N–H and O–H groups in total. The Morgan fingerprint density at radius 1 is 1.43 bits per heavy atom. The third kappa shape index (κ3) is 3.49. The summed E-state index contributed by atoms with van der Waals surface area (Å²) < 4.78 is 15.0. The number of carboxylic acids is 1. The predicted octanol–water partition coefficient (Wildman–Crippen LogP) is 3.16. The third-order valence-electron chi connectivity index (χ3n) is 2.24. The van der Waals surface area contributed by atoms with Crippen molar-refractivity contribution in [3.63, 3.8) is 0 Å². The van der Waals surface area contributed by atoms with E-state index in [0.717, 1.165) is 17.8 Å². The fraction of sp³-hybridized carbons (Fsp3) is 0.100. The number of hydrogen-bond donors (Lipinski definition) is 1. The molecule has 1 heterocycles. The van der Waals surface area contributed by atoms with E-state index in [0.29, 0.717) is 14.7 Å². The van der Waals surface area contributed by atoms with Crippen LogP contribution in [0.25, 0.3) is 0 Å². The largest absolute Gasteiger partial charge is 0.477 e. The lowest BCUT2D eigenvalue weighted by Gasteiger charge is -2.03. The van der Waals surface area contributed by atoms with Gasteiger partial charge in [0.15, 0.2) is 8.68 Å². The number of carbonyl (C=O) groups is 1. The van der Waals surface area contributed by atoms with E-state index in [2.05, 4.69) is 10.2 Å². The highest BCUT2D eigenvalue weighted by Gasteiger charge is 2.24. The van der Waals surface area contributed by atoms with Crippen molar-refractivity contribution >= 4 is 46.5 Å². The van der Waals surface area contributed by atoms with Gasteiger partial charge in [0.1, 0.15) is 11.4 Å². The van der Waals surface area contributed by atoms with Crippen molar-refractivity contribution in [3.05, 3.63) is 33.6 Å². The van der Waals surface area contributed by atoms with Crippen LogP contribution in [0.5, 0.6) is 0 Å². The number of nitrogens with zero attached hydrogens (tertiary/aromatic N) is 3. The van der Waals surface area contributed by atoms with Crippen LogP contribution in [0.4, 0.5) is 10.1 Å². The molecule has 0 saturated carbocycles. The minimum absolute atomic E-state index is 0.0539. The molecule has 2 rings (SSSR count). The van der Waals surface area contributed by atoms with Crippen molar-refractivity contribution in [1.82, 2.24) is 10.2 Å². The molecule has 0 aliphatic heterocycles. The van der Waals surface area contributed by atoms with E-state index < -0.39 is 28.0 Å². The number of thioether (sulfide) groups is 1. The smallest absolute Gasteiger partial charge is 0.342 e. The van der Waals surface area contributed by atoms with E-state index in [1.165, 1.54) is 23.1 Å². The maximum absolute atomic E-state index is 13.9. The molecule has 21 heavy (non-hydrogen) atoms. The molecule has 1 aromatic carbocycles. The highest BCUT2D eigenvalue weighted by Crippen LogP contribution is 2.36. The lowest BCUT2D eigenvalue weighted by Crippen LogP contribution is -2.04. The number of benzene rings is 1. The van der Waals surface area contributed by atoms with E-state index >= 15 is 0 Å². The Bertz CT molecular complexity index is 722. The molecule has 0 radical (unpaired) electrons. The minimum Gasteiger partial charge on any atom is -0.477 e. The molecule has 2 aromatic rings. The first kappa shape index (κ1) is 15.7. The second kappa shape index (κ2) is 6.37. The lowest BCUT2D eigenvalue weighted by atomic mass is 10.2. The Hall–Kier alpha value is -1.72. The zero-order chi connectivity index (χ0) is 15.6. The van der Waals surface area contributed by atoms with Gasteiger partial charge in [-0.25, -0.2) is 9.18 Å². The maximum Gasteiger partial charge on any atom is 0.342 e. The van der Waals surface area contributed by atoms with E-state index in [4.69, 9.17) is 5.11 Å². The molecule has 7 nitrogen and oxygen atoms in total. The molecule has 0 aliphatic carbocycles. The second-order valence-electron chi connectivity index (χ2n) is 3.50. The summed E-state index contributed by atoms with van der Waals surface area (Å²) in [5.74, 6) is -2.37. The van der Waals surface area contributed by atoms with Crippen LogP contribution >= 0.6 is 34.9 Å². The third-order valence-corrected chi connectivity index (χ3v) is 5.22. The Balaban J connectivity index is 2.42. The van der Waals surface area contributed by atoms with Crippen LogP contribution in [-0.4, -0.2) is 32.5 Å². The van der Waals surface area contributed by atoms with Crippen molar-refractivity contribution < 1.29 is 19.2 Å². The molecular weight excluding hydrogens is 341 g/mol. The van der Waals surface area contributed by atoms with Gasteiger partial charge in [-0.1, -0.05) is 34.9 Å². The number of rotatable bonds is 5. The van der Waals surface area contributed by atoms with Crippen LogP contribution in [0.15, 0.2) is 25.7 Å². The van der Waals surface area contributed by atoms with Gasteiger partial charge in [0.25, 0.3) is 5.69 Å². The van der Waals surface area contributed by atoms with Gasteiger partial charge in [0.2, 0.25) is 0 Å². The monoisotopic (exact) mass is 347 g/mol. The van der Waals surface area contributed by atoms with Gasteiger partial charge in [-0.2, -0.15) is 0 Å². The summed E-state index contributed by atoms with van der Waals surface area (Å²) in [6.45, 7) is 0. The molecule has 0 unspecified atom stereocenters. The number of aromatic nitrogens is 2. The van der Waals surface area contributed by atoms with Gasteiger partial charge in [-0.05, 0) is 12.3 Å². The quantitative estimate of drug-likeness (QED) is 0.499. The first-order chi connectivity index (χ1) is 9.92. The van der Waals surface area contributed by atoms with E-state index in [1.807, 2.05) is 6.26 Å². The molecule has 0 amide bonds. The van der Waals surface area contributed by atoms with Crippen molar-refractivity contribution in [2.24, 2.45) is 0 Å². The van der Waals surface area contributed by atoms with Crippen molar-refractivity contribution in [1.29, 1.82) is 0 Å². The van der Waals surface area contributed by atoms with Crippen LogP contribution in [0.3, 0.4) is 0 Å². The highest BCUT2D eigenvalue weighted by atomic mass is 32.2. The van der Waals surface area contributed by atoms with Gasteiger partial charge < -0.3 is 5.11 Å². The average Bonchev–Trinajstić information content (AvgIpc) is 2.87. The predicted molar refractivity (Wildman–Crippen MR) is 75.8 cm³/mol. The summed E-state index contributed by atoms with van der Waals surface area (Å²) >= 11 is 3.46. The molecule has 0 atom stereocenters. The van der Waals surface area contributed by atoms with Crippen LogP contribution in [0.1, 0.15) is 10.4 Å². The van der Waals surface area contributed by atoms with Crippen molar-refractivity contribution in [2.45, 2.75) is 13.6 Å². The molecule has 1 aromatic heterocycles. The Kier molecular flexibility index (Phi) is 4.75. The fourth-order valence-electron chi connectivity index (χ4n) is 1.36. The minimum atomic E-state index is -1.49. The van der Waals surface area contributed by atoms with E-state index in [9.17, 15) is 19.3 Å². The molecule has 0 aliphatic rings.